The minimum atomic E-state index is -3.65. The van der Waals surface area contributed by atoms with Gasteiger partial charge in [-0.05, 0) is 37.3 Å². The number of fused-ring (bicyclic) bond motifs is 1. The summed E-state index contributed by atoms with van der Waals surface area (Å²) in [7, 11) is -3.65. The fraction of sp³-hybridized carbons (Fsp3) is 0.235. The van der Waals surface area contributed by atoms with Crippen LogP contribution < -0.4 is 10.6 Å². The van der Waals surface area contributed by atoms with Gasteiger partial charge in [-0.25, -0.2) is 8.42 Å². The van der Waals surface area contributed by atoms with Crippen LogP contribution in [0.4, 0.5) is 11.4 Å². The van der Waals surface area contributed by atoms with E-state index in [0.29, 0.717) is 11.4 Å². The molecule has 7 nitrogen and oxygen atoms in total. The first-order valence-corrected chi connectivity index (χ1v) is 10.4. The van der Waals surface area contributed by atoms with Crippen LogP contribution >= 0.6 is 11.8 Å². The van der Waals surface area contributed by atoms with E-state index >= 15 is 0 Å². The highest BCUT2D eigenvalue weighted by molar-refractivity contribution is 8.01. The molecule has 0 unspecified atom stereocenters. The molecule has 136 valence electrons. The molecule has 1 atom stereocenters. The summed E-state index contributed by atoms with van der Waals surface area (Å²) < 4.78 is 25.0. The van der Waals surface area contributed by atoms with Crippen molar-refractivity contribution in [3.8, 4) is 0 Å². The average Bonchev–Trinajstić information content (AvgIpc) is 2.61. The first kappa shape index (κ1) is 18.4. The number of amides is 2. The summed E-state index contributed by atoms with van der Waals surface area (Å²) in [6.45, 7) is 1.79. The predicted molar refractivity (Wildman–Crippen MR) is 99.9 cm³/mol. The molecule has 2 amide bonds. The number of benzene rings is 1. The highest BCUT2D eigenvalue weighted by atomic mass is 32.2. The van der Waals surface area contributed by atoms with Crippen LogP contribution in [-0.4, -0.2) is 36.2 Å². The number of nitrogens with one attached hydrogen (secondary N) is 2. The molecule has 1 aromatic heterocycles. The number of aromatic nitrogens is 1. The molecule has 0 fully saturated rings. The van der Waals surface area contributed by atoms with Gasteiger partial charge in [0.2, 0.25) is 11.8 Å². The molecular formula is C17H17N3O4S2. The highest BCUT2D eigenvalue weighted by Crippen LogP contribution is 2.36. The summed E-state index contributed by atoms with van der Waals surface area (Å²) >= 11 is 1.38. The molecule has 0 bridgehead atoms. The van der Waals surface area contributed by atoms with Crippen molar-refractivity contribution in [3.63, 3.8) is 0 Å². The fourth-order valence-electron chi connectivity index (χ4n) is 2.39. The molecule has 0 radical (unpaired) electrons. The van der Waals surface area contributed by atoms with E-state index in [0.717, 1.165) is 4.90 Å². The van der Waals surface area contributed by atoms with Crippen LogP contribution in [0.25, 0.3) is 0 Å². The monoisotopic (exact) mass is 391 g/mol. The van der Waals surface area contributed by atoms with Gasteiger partial charge in [0.1, 0.15) is 0 Å². The van der Waals surface area contributed by atoms with E-state index in [9.17, 15) is 18.0 Å². The van der Waals surface area contributed by atoms with Crippen LogP contribution in [0.2, 0.25) is 0 Å². The van der Waals surface area contributed by atoms with Gasteiger partial charge < -0.3 is 10.6 Å². The van der Waals surface area contributed by atoms with Crippen molar-refractivity contribution in [2.45, 2.75) is 28.4 Å². The molecule has 0 aliphatic carbocycles. The molecule has 26 heavy (non-hydrogen) atoms. The van der Waals surface area contributed by atoms with E-state index in [-0.39, 0.29) is 28.2 Å². The van der Waals surface area contributed by atoms with E-state index < -0.39 is 15.7 Å². The van der Waals surface area contributed by atoms with E-state index in [1.165, 1.54) is 30.1 Å². The Balaban J connectivity index is 1.68. The Hall–Kier alpha value is -2.39. The van der Waals surface area contributed by atoms with Crippen LogP contribution in [0.15, 0.2) is 52.5 Å². The van der Waals surface area contributed by atoms with Crippen molar-refractivity contribution in [2.75, 3.05) is 16.4 Å². The molecule has 0 saturated heterocycles. The van der Waals surface area contributed by atoms with Crippen LogP contribution in [0.5, 0.6) is 0 Å². The van der Waals surface area contributed by atoms with Crippen molar-refractivity contribution >= 4 is 44.8 Å². The number of sulfone groups is 1. The number of carbonyl (C=O) groups is 2. The highest BCUT2D eigenvalue weighted by Gasteiger charge is 2.25. The van der Waals surface area contributed by atoms with Gasteiger partial charge >= 0.3 is 0 Å². The Morgan fingerprint density at radius 2 is 2.15 bits per heavy atom. The Morgan fingerprint density at radius 1 is 1.35 bits per heavy atom. The van der Waals surface area contributed by atoms with E-state index in [1.807, 2.05) is 0 Å². The minimum absolute atomic E-state index is 0.0841. The Labute approximate surface area is 155 Å². The van der Waals surface area contributed by atoms with Crippen LogP contribution in [0.1, 0.15) is 13.3 Å². The second kappa shape index (κ2) is 7.46. The lowest BCUT2D eigenvalue weighted by Crippen LogP contribution is -2.26. The second-order valence-corrected chi connectivity index (χ2v) is 9.26. The fourth-order valence-corrected chi connectivity index (χ4v) is 4.58. The minimum Gasteiger partial charge on any atom is -0.325 e. The maximum atomic E-state index is 12.5. The van der Waals surface area contributed by atoms with Crippen LogP contribution in [-0.2, 0) is 19.4 Å². The largest absolute Gasteiger partial charge is 0.325 e. The molecule has 1 aromatic carbocycles. The number of nitrogens with zero attached hydrogens (tertiary/aromatic N) is 1. The number of pyridine rings is 1. The summed E-state index contributed by atoms with van der Waals surface area (Å²) in [6.07, 6.45) is 2.89. The number of anilines is 2. The molecule has 3 rings (SSSR count). The van der Waals surface area contributed by atoms with Crippen LogP contribution in [0, 0.1) is 0 Å². The van der Waals surface area contributed by atoms with Crippen molar-refractivity contribution < 1.29 is 18.0 Å². The van der Waals surface area contributed by atoms with Gasteiger partial charge in [-0.3, -0.25) is 14.6 Å². The number of thioether (sulfide) groups is 1. The van der Waals surface area contributed by atoms with Gasteiger partial charge in [0, 0.05) is 17.5 Å². The lowest BCUT2D eigenvalue weighted by molar-refractivity contribution is -0.116. The molecule has 9 heteroatoms. The van der Waals surface area contributed by atoms with Gasteiger partial charge in [0.15, 0.2) is 9.84 Å². The van der Waals surface area contributed by atoms with Gasteiger partial charge in [-0.1, -0.05) is 0 Å². The molecule has 2 heterocycles. The maximum Gasteiger partial charge on any atom is 0.237 e. The van der Waals surface area contributed by atoms with Gasteiger partial charge in [-0.2, -0.15) is 0 Å². The molecule has 0 spiro atoms. The zero-order valence-electron chi connectivity index (χ0n) is 13.9. The zero-order valence-corrected chi connectivity index (χ0v) is 15.6. The van der Waals surface area contributed by atoms with Crippen molar-refractivity contribution in [1.29, 1.82) is 0 Å². The lowest BCUT2D eigenvalue weighted by Gasteiger charge is -2.21. The number of rotatable bonds is 5. The summed E-state index contributed by atoms with van der Waals surface area (Å²) in [4.78, 5) is 28.5. The molecule has 2 N–H and O–H groups in total. The second-order valence-electron chi connectivity index (χ2n) is 5.77. The number of hydrogen-bond acceptors (Lipinski definition) is 6. The average molecular weight is 391 g/mol. The maximum absolute atomic E-state index is 12.5. The summed E-state index contributed by atoms with van der Waals surface area (Å²) in [5, 5.41) is 5.09. The van der Waals surface area contributed by atoms with Gasteiger partial charge in [0.05, 0.1) is 33.5 Å². The van der Waals surface area contributed by atoms with Gasteiger partial charge in [0.25, 0.3) is 0 Å². The van der Waals surface area contributed by atoms with Crippen LogP contribution in [0.3, 0.4) is 0 Å². The first-order valence-electron chi connectivity index (χ1n) is 7.89. The third kappa shape index (κ3) is 4.23. The molecule has 1 aliphatic heterocycles. The molecule has 1 aliphatic rings. The van der Waals surface area contributed by atoms with Crippen molar-refractivity contribution in [1.82, 2.24) is 4.98 Å². The molecule has 0 saturated carbocycles. The molecule has 2 aromatic rings. The lowest BCUT2D eigenvalue weighted by atomic mass is 10.3. The quantitative estimate of drug-likeness (QED) is 0.810. The Morgan fingerprint density at radius 3 is 2.88 bits per heavy atom. The van der Waals surface area contributed by atoms with Crippen molar-refractivity contribution in [3.05, 3.63) is 42.7 Å². The SMILES string of the molecule is C[C@H]1Sc2ccc(S(=O)(=O)CCC(=O)Nc3cccnc3)cc2NC1=O. The summed E-state index contributed by atoms with van der Waals surface area (Å²) in [5.41, 5.74) is 0.997. The third-order valence-corrected chi connectivity index (χ3v) is 6.68. The first-order chi connectivity index (χ1) is 12.3. The predicted octanol–water partition coefficient (Wildman–Crippen LogP) is 2.32. The number of hydrogen-bond donors (Lipinski definition) is 2. The third-order valence-electron chi connectivity index (χ3n) is 3.78. The van der Waals surface area contributed by atoms with Gasteiger partial charge in [-0.15, -0.1) is 11.8 Å². The molecular weight excluding hydrogens is 374 g/mol. The smallest absolute Gasteiger partial charge is 0.237 e. The van der Waals surface area contributed by atoms with E-state index in [1.54, 1.807) is 31.3 Å². The van der Waals surface area contributed by atoms with Crippen molar-refractivity contribution in [2.24, 2.45) is 0 Å². The van der Waals surface area contributed by atoms with E-state index in [4.69, 9.17) is 0 Å². The zero-order chi connectivity index (χ0) is 18.7. The topological polar surface area (TPSA) is 105 Å². The summed E-state index contributed by atoms with van der Waals surface area (Å²) in [6, 6.07) is 7.97. The Kier molecular flexibility index (Phi) is 5.28. The normalized spacial score (nSPS) is 16.5. The summed E-state index contributed by atoms with van der Waals surface area (Å²) in [5.74, 6) is -0.889. The number of carbonyl (C=O) groups excluding carboxylic acids is 2. The standard InChI is InChI=1S/C17H17N3O4S2/c1-11-17(22)20-14-9-13(4-5-15(14)25-11)26(23,24)8-6-16(21)19-12-3-2-7-18-10-12/h2-5,7,9-11H,6,8H2,1H3,(H,19,21)(H,20,22)/t11-/m1/s1. The Bertz CT molecular complexity index is 946. The van der Waals surface area contributed by atoms with E-state index in [2.05, 4.69) is 15.6 Å².